The summed E-state index contributed by atoms with van der Waals surface area (Å²) < 4.78 is 27.9. The highest BCUT2D eigenvalue weighted by Gasteiger charge is 2.34. The Morgan fingerprint density at radius 2 is 1.00 bits per heavy atom. The minimum atomic E-state index is -4.24. The van der Waals surface area contributed by atoms with E-state index in [9.17, 15) is 4.57 Å². The summed E-state index contributed by atoms with van der Waals surface area (Å²) in [5, 5.41) is 14.5. The van der Waals surface area contributed by atoms with Crippen LogP contribution < -0.4 is 4.52 Å². The van der Waals surface area contributed by atoms with Crippen molar-refractivity contribution in [2.45, 2.75) is 0 Å². The zero-order chi connectivity index (χ0) is 18.8. The molecule has 8 nitrogen and oxygen atoms in total. The second kappa shape index (κ2) is 9.26. The van der Waals surface area contributed by atoms with Gasteiger partial charge in [-0.2, -0.15) is 4.57 Å². The van der Waals surface area contributed by atoms with Gasteiger partial charge in [-0.05, 0) is 36.4 Å². The molecule has 3 aromatic carbocycles. The van der Waals surface area contributed by atoms with Gasteiger partial charge in [0.05, 0.1) is 11.4 Å². The van der Waals surface area contributed by atoms with Gasteiger partial charge in [-0.1, -0.05) is 54.6 Å². The maximum Gasteiger partial charge on any atom is 0.691 e. The van der Waals surface area contributed by atoms with E-state index in [1.165, 1.54) is 0 Å². The fraction of sp³-hybridized carbons (Fsp3) is 0. The van der Waals surface area contributed by atoms with Crippen LogP contribution >= 0.6 is 7.82 Å². The predicted octanol–water partition coefficient (Wildman–Crippen LogP) is 6.60. The monoisotopic (exact) mass is 382 g/mol. The maximum absolute atomic E-state index is 12.8. The molecule has 0 saturated carbocycles. The fourth-order valence-electron chi connectivity index (χ4n) is 1.87. The van der Waals surface area contributed by atoms with Crippen LogP contribution in [0.25, 0.3) is 0 Å². The van der Waals surface area contributed by atoms with Crippen LogP contribution in [0.3, 0.4) is 0 Å². The van der Waals surface area contributed by atoms with Gasteiger partial charge in [0.25, 0.3) is 0 Å². The highest BCUT2D eigenvalue weighted by molar-refractivity contribution is 7.48. The molecule has 9 heteroatoms. The first kappa shape index (κ1) is 18.3. The molecule has 0 unspecified atom stereocenters. The molecule has 0 bridgehead atoms. The van der Waals surface area contributed by atoms with Crippen LogP contribution in [-0.4, -0.2) is 0 Å². The molecule has 27 heavy (non-hydrogen) atoms. The van der Waals surface area contributed by atoms with Crippen molar-refractivity contribution in [3.8, 4) is 5.75 Å². The second-order valence-electron chi connectivity index (χ2n) is 5.05. The van der Waals surface area contributed by atoms with Crippen molar-refractivity contribution in [2.24, 2.45) is 20.8 Å². The molecular formula is C18H15N4O4P. The molecule has 0 atom stereocenters. The Morgan fingerprint density at radius 3 is 1.44 bits per heavy atom. The van der Waals surface area contributed by atoms with Crippen LogP contribution in [0.1, 0.15) is 0 Å². The Kier molecular flexibility index (Phi) is 6.27. The number of para-hydroxylation sites is 1. The van der Waals surface area contributed by atoms with Gasteiger partial charge in [0.1, 0.15) is 5.75 Å². The second-order valence-corrected chi connectivity index (χ2v) is 6.45. The SMILES string of the molecule is O=P(ON=Nc1ccccc1)(ON=Nc1ccccc1)Oc1ccccc1. The first-order valence-corrected chi connectivity index (χ1v) is 9.34. The molecule has 3 rings (SSSR count). The summed E-state index contributed by atoms with van der Waals surface area (Å²) in [6.45, 7) is 0. The Labute approximate surface area is 155 Å². The molecule has 0 N–H and O–H groups in total. The summed E-state index contributed by atoms with van der Waals surface area (Å²) in [5.41, 5.74) is 1.02. The van der Waals surface area contributed by atoms with Crippen molar-refractivity contribution in [1.82, 2.24) is 0 Å². The molecule has 0 aromatic heterocycles. The average Bonchev–Trinajstić information content (AvgIpc) is 2.70. The van der Waals surface area contributed by atoms with Gasteiger partial charge >= 0.3 is 7.82 Å². The quantitative estimate of drug-likeness (QED) is 0.249. The predicted molar refractivity (Wildman–Crippen MR) is 98.8 cm³/mol. The summed E-state index contributed by atoms with van der Waals surface area (Å²) in [6.07, 6.45) is 0. The lowest BCUT2D eigenvalue weighted by atomic mass is 10.3. The van der Waals surface area contributed by atoms with Crippen molar-refractivity contribution in [3.05, 3.63) is 91.0 Å². The average molecular weight is 382 g/mol. The van der Waals surface area contributed by atoms with E-state index < -0.39 is 7.82 Å². The van der Waals surface area contributed by atoms with E-state index in [4.69, 9.17) is 13.8 Å². The number of hydrogen-bond acceptors (Lipinski definition) is 8. The van der Waals surface area contributed by atoms with E-state index in [2.05, 4.69) is 20.8 Å². The van der Waals surface area contributed by atoms with Crippen molar-refractivity contribution in [1.29, 1.82) is 0 Å². The van der Waals surface area contributed by atoms with Crippen LogP contribution in [-0.2, 0) is 13.8 Å². The summed E-state index contributed by atoms with van der Waals surface area (Å²) in [7, 11) is -4.24. The van der Waals surface area contributed by atoms with Crippen LogP contribution in [0.4, 0.5) is 11.4 Å². The molecule has 0 amide bonds. The first-order valence-electron chi connectivity index (χ1n) is 7.88. The van der Waals surface area contributed by atoms with Crippen molar-refractivity contribution in [2.75, 3.05) is 0 Å². The molecule has 136 valence electrons. The molecular weight excluding hydrogens is 367 g/mol. The molecule has 0 aliphatic carbocycles. The lowest BCUT2D eigenvalue weighted by Gasteiger charge is -2.11. The molecule has 0 spiro atoms. The normalized spacial score (nSPS) is 13.3. The molecule has 0 aliphatic rings. The van der Waals surface area contributed by atoms with Gasteiger partial charge in [-0.3, -0.25) is 9.25 Å². The summed E-state index contributed by atoms with van der Waals surface area (Å²) in [5.74, 6) is 0.255. The van der Waals surface area contributed by atoms with E-state index in [0.717, 1.165) is 0 Å². The molecule has 0 aliphatic heterocycles. The zero-order valence-electron chi connectivity index (χ0n) is 14.0. The molecule has 0 saturated heterocycles. The number of hydrogen-bond donors (Lipinski definition) is 0. The number of nitrogens with zero attached hydrogens (tertiary/aromatic N) is 4. The minimum absolute atomic E-state index is 0.255. The van der Waals surface area contributed by atoms with E-state index in [0.29, 0.717) is 11.4 Å². The lowest BCUT2D eigenvalue weighted by Crippen LogP contribution is -1.96. The topological polar surface area (TPSA) is 94.2 Å². The largest absolute Gasteiger partial charge is 0.691 e. The smallest absolute Gasteiger partial charge is 0.384 e. The Balaban J connectivity index is 1.72. The Morgan fingerprint density at radius 1 is 0.593 bits per heavy atom. The fourth-order valence-corrected chi connectivity index (χ4v) is 2.60. The Hall–Kier alpha value is -3.51. The number of phosphoric acid groups is 1. The highest BCUT2D eigenvalue weighted by atomic mass is 31.2. The highest BCUT2D eigenvalue weighted by Crippen LogP contribution is 2.50. The standard InChI is InChI=1S/C18H15N4O4P/c23-27(24-18-14-8-3-9-15-18,25-21-19-16-10-4-1-5-11-16)26-22-20-17-12-6-2-7-13-17/h1-15H. The third-order valence-corrected chi connectivity index (χ3v) is 4.04. The van der Waals surface area contributed by atoms with Gasteiger partial charge in [-0.25, -0.2) is 0 Å². The van der Waals surface area contributed by atoms with E-state index in [-0.39, 0.29) is 5.75 Å². The van der Waals surface area contributed by atoms with Gasteiger partial charge in [-0.15, -0.1) is 10.2 Å². The van der Waals surface area contributed by atoms with E-state index in [1.807, 2.05) is 12.1 Å². The zero-order valence-corrected chi connectivity index (χ0v) is 14.9. The first-order chi connectivity index (χ1) is 13.2. The third-order valence-electron chi connectivity index (χ3n) is 3.06. The third kappa shape index (κ3) is 6.05. The van der Waals surface area contributed by atoms with Crippen LogP contribution in [0, 0.1) is 0 Å². The lowest BCUT2D eigenvalue weighted by molar-refractivity contribution is 0.148. The molecule has 0 fully saturated rings. The summed E-state index contributed by atoms with van der Waals surface area (Å²) in [4.78, 5) is 0. The van der Waals surface area contributed by atoms with Gasteiger partial charge in [0.2, 0.25) is 0 Å². The number of rotatable bonds is 8. The maximum atomic E-state index is 12.8. The van der Waals surface area contributed by atoms with Crippen LogP contribution in [0.2, 0.25) is 0 Å². The van der Waals surface area contributed by atoms with Gasteiger partial charge in [0, 0.05) is 10.6 Å². The number of benzene rings is 3. The van der Waals surface area contributed by atoms with Gasteiger partial charge in [0.15, 0.2) is 0 Å². The van der Waals surface area contributed by atoms with E-state index >= 15 is 0 Å². The van der Waals surface area contributed by atoms with Crippen molar-refractivity contribution >= 4 is 19.2 Å². The minimum Gasteiger partial charge on any atom is -0.384 e. The molecule has 0 radical (unpaired) electrons. The summed E-state index contributed by atoms with van der Waals surface area (Å²) in [6, 6.07) is 25.9. The summed E-state index contributed by atoms with van der Waals surface area (Å²) >= 11 is 0. The Bertz CT molecular complexity index is 882. The van der Waals surface area contributed by atoms with Crippen molar-refractivity contribution < 1.29 is 18.3 Å². The molecule has 0 heterocycles. The van der Waals surface area contributed by atoms with Crippen molar-refractivity contribution in [3.63, 3.8) is 0 Å². The molecule has 3 aromatic rings. The van der Waals surface area contributed by atoms with E-state index in [1.54, 1.807) is 78.9 Å². The van der Waals surface area contributed by atoms with Crippen LogP contribution in [0.15, 0.2) is 112 Å². The van der Waals surface area contributed by atoms with Gasteiger partial charge < -0.3 is 4.52 Å². The van der Waals surface area contributed by atoms with Crippen LogP contribution in [0.5, 0.6) is 5.75 Å².